The van der Waals surface area contributed by atoms with Gasteiger partial charge in [0.15, 0.2) is 0 Å². The first kappa shape index (κ1) is 11.3. The molecular weight excluding hydrogens is 222 g/mol. The van der Waals surface area contributed by atoms with Crippen molar-refractivity contribution in [3.8, 4) is 0 Å². The van der Waals surface area contributed by atoms with Crippen LogP contribution in [0, 0.1) is 0 Å². The molecule has 7 nitrogen and oxygen atoms in total. The Bertz CT molecular complexity index is 448. The highest BCUT2D eigenvalue weighted by atomic mass is 16.2. The minimum absolute atomic E-state index is 0.230. The molecule has 1 aliphatic heterocycles. The summed E-state index contributed by atoms with van der Waals surface area (Å²) in [6, 6.07) is 1.27. The Morgan fingerprint density at radius 1 is 1.35 bits per heavy atom. The molecule has 2 heterocycles. The second kappa shape index (κ2) is 4.77. The number of hydrogen-bond acceptors (Lipinski definition) is 6. The third kappa shape index (κ3) is 2.68. The maximum Gasteiger partial charge on any atom is 0.249 e. The fourth-order valence-electron chi connectivity index (χ4n) is 1.58. The Morgan fingerprint density at radius 3 is 2.82 bits per heavy atom. The summed E-state index contributed by atoms with van der Waals surface area (Å²) >= 11 is 0. The molecule has 2 rings (SSSR count). The van der Waals surface area contributed by atoms with Crippen molar-refractivity contribution >= 4 is 23.5 Å². The average Bonchev–Trinajstić information content (AvgIpc) is 2.33. The fraction of sp³-hybridized carbons (Fsp3) is 0.400. The van der Waals surface area contributed by atoms with Gasteiger partial charge in [-0.05, 0) is 6.42 Å². The van der Waals surface area contributed by atoms with E-state index >= 15 is 0 Å². The predicted octanol–water partition coefficient (Wildman–Crippen LogP) is -0.265. The zero-order valence-corrected chi connectivity index (χ0v) is 9.36. The van der Waals surface area contributed by atoms with E-state index < -0.39 is 6.04 Å². The number of nitrogens with zero attached hydrogens (tertiary/aromatic N) is 2. The third-order valence-corrected chi connectivity index (χ3v) is 2.48. The van der Waals surface area contributed by atoms with Gasteiger partial charge in [0.05, 0.1) is 0 Å². The number of carbonyl (C=O) groups excluding carboxylic acids is 2. The van der Waals surface area contributed by atoms with E-state index in [1.807, 2.05) is 0 Å². The van der Waals surface area contributed by atoms with Crippen LogP contribution in [0.15, 0.2) is 12.4 Å². The third-order valence-electron chi connectivity index (χ3n) is 2.48. The number of rotatable bonds is 3. The van der Waals surface area contributed by atoms with Crippen molar-refractivity contribution < 1.29 is 9.59 Å². The normalized spacial score (nSPS) is 19.7. The summed E-state index contributed by atoms with van der Waals surface area (Å²) in [6.07, 6.45) is 2.22. The number of anilines is 2. The molecule has 1 aromatic heterocycles. The van der Waals surface area contributed by atoms with Gasteiger partial charge in [-0.25, -0.2) is 9.97 Å². The number of imide groups is 1. The first-order chi connectivity index (χ1) is 8.19. The molecule has 7 heteroatoms. The predicted molar refractivity (Wildman–Crippen MR) is 61.4 cm³/mol. The summed E-state index contributed by atoms with van der Waals surface area (Å²) in [5.41, 5.74) is 0. The molecular formula is C10H13N5O2. The van der Waals surface area contributed by atoms with Crippen LogP contribution in [0.1, 0.15) is 12.8 Å². The zero-order chi connectivity index (χ0) is 12.3. The standard InChI is InChI=1S/C10H13N5O2/c1-11-7-4-8(13-5-12-7)14-6-2-3-9(16)15-10(6)17/h4-6H,2-3H2,1H3,(H,15,16,17)(H2,11,12,13,14). The van der Waals surface area contributed by atoms with E-state index in [-0.39, 0.29) is 11.8 Å². The molecule has 0 radical (unpaired) electrons. The maximum atomic E-state index is 11.5. The second-order valence-corrected chi connectivity index (χ2v) is 3.69. The van der Waals surface area contributed by atoms with Gasteiger partial charge in [-0.1, -0.05) is 0 Å². The monoisotopic (exact) mass is 235 g/mol. The lowest BCUT2D eigenvalue weighted by Gasteiger charge is -2.22. The van der Waals surface area contributed by atoms with Crippen LogP contribution >= 0.6 is 0 Å². The Kier molecular flexibility index (Phi) is 3.17. The van der Waals surface area contributed by atoms with Crippen molar-refractivity contribution in [1.82, 2.24) is 15.3 Å². The van der Waals surface area contributed by atoms with Crippen molar-refractivity contribution in [3.05, 3.63) is 12.4 Å². The van der Waals surface area contributed by atoms with Gasteiger partial charge in [-0.3, -0.25) is 14.9 Å². The summed E-state index contributed by atoms with van der Waals surface area (Å²) in [5, 5.41) is 8.13. The molecule has 1 aliphatic rings. The van der Waals surface area contributed by atoms with Crippen LogP contribution in [0.4, 0.5) is 11.6 Å². The smallest absolute Gasteiger partial charge is 0.249 e. The van der Waals surface area contributed by atoms with Gasteiger partial charge in [-0.15, -0.1) is 0 Å². The molecule has 0 aliphatic carbocycles. The van der Waals surface area contributed by atoms with Crippen LogP contribution in [0.3, 0.4) is 0 Å². The van der Waals surface area contributed by atoms with E-state index in [0.29, 0.717) is 24.5 Å². The SMILES string of the molecule is CNc1cc(NC2CCC(=O)NC2=O)ncn1. The summed E-state index contributed by atoms with van der Waals surface area (Å²) in [6.45, 7) is 0. The van der Waals surface area contributed by atoms with Crippen molar-refractivity contribution in [2.24, 2.45) is 0 Å². The Morgan fingerprint density at radius 2 is 2.12 bits per heavy atom. The highest BCUT2D eigenvalue weighted by molar-refractivity contribution is 6.01. The van der Waals surface area contributed by atoms with Gasteiger partial charge in [0, 0.05) is 19.5 Å². The van der Waals surface area contributed by atoms with Gasteiger partial charge < -0.3 is 10.6 Å². The van der Waals surface area contributed by atoms with Crippen molar-refractivity contribution in [2.75, 3.05) is 17.7 Å². The summed E-state index contributed by atoms with van der Waals surface area (Å²) in [5.74, 6) is 0.672. The molecule has 1 fully saturated rings. The highest BCUT2D eigenvalue weighted by Crippen LogP contribution is 2.13. The lowest BCUT2D eigenvalue weighted by atomic mass is 10.1. The van der Waals surface area contributed by atoms with E-state index in [1.54, 1.807) is 13.1 Å². The topological polar surface area (TPSA) is 96.0 Å². The van der Waals surface area contributed by atoms with Crippen LogP contribution < -0.4 is 16.0 Å². The number of amides is 2. The van der Waals surface area contributed by atoms with Crippen LogP contribution in [0.2, 0.25) is 0 Å². The van der Waals surface area contributed by atoms with Crippen molar-refractivity contribution in [1.29, 1.82) is 0 Å². The van der Waals surface area contributed by atoms with E-state index in [1.165, 1.54) is 6.33 Å². The molecule has 1 saturated heterocycles. The summed E-state index contributed by atoms with van der Waals surface area (Å²) in [4.78, 5) is 30.5. The molecule has 3 N–H and O–H groups in total. The lowest BCUT2D eigenvalue weighted by molar-refractivity contribution is -0.133. The number of nitrogens with one attached hydrogen (secondary N) is 3. The molecule has 1 atom stereocenters. The molecule has 0 saturated carbocycles. The zero-order valence-electron chi connectivity index (χ0n) is 9.36. The van der Waals surface area contributed by atoms with Crippen LogP contribution in [-0.2, 0) is 9.59 Å². The molecule has 1 aromatic rings. The average molecular weight is 235 g/mol. The first-order valence-corrected chi connectivity index (χ1v) is 5.29. The molecule has 1 unspecified atom stereocenters. The van der Waals surface area contributed by atoms with Gasteiger partial charge in [0.1, 0.15) is 24.0 Å². The van der Waals surface area contributed by atoms with E-state index in [2.05, 4.69) is 25.9 Å². The molecule has 17 heavy (non-hydrogen) atoms. The molecule has 0 spiro atoms. The van der Waals surface area contributed by atoms with Gasteiger partial charge in [0.25, 0.3) is 0 Å². The number of piperidine rings is 1. The Hall–Kier alpha value is -2.18. The van der Waals surface area contributed by atoms with Gasteiger partial charge in [0.2, 0.25) is 11.8 Å². The second-order valence-electron chi connectivity index (χ2n) is 3.69. The van der Waals surface area contributed by atoms with Gasteiger partial charge >= 0.3 is 0 Å². The van der Waals surface area contributed by atoms with Crippen LogP contribution in [0.5, 0.6) is 0 Å². The summed E-state index contributed by atoms with van der Waals surface area (Å²) < 4.78 is 0. The fourth-order valence-corrected chi connectivity index (χ4v) is 1.58. The lowest BCUT2D eigenvalue weighted by Crippen LogP contribution is -2.47. The molecule has 90 valence electrons. The quantitative estimate of drug-likeness (QED) is 0.624. The molecule has 0 aromatic carbocycles. The van der Waals surface area contributed by atoms with E-state index in [9.17, 15) is 9.59 Å². The Labute approximate surface area is 98.0 Å². The largest absolute Gasteiger partial charge is 0.373 e. The molecule has 2 amide bonds. The van der Waals surface area contributed by atoms with E-state index in [4.69, 9.17) is 0 Å². The minimum Gasteiger partial charge on any atom is -0.373 e. The number of aromatic nitrogens is 2. The van der Waals surface area contributed by atoms with E-state index in [0.717, 1.165) is 0 Å². The van der Waals surface area contributed by atoms with Gasteiger partial charge in [-0.2, -0.15) is 0 Å². The minimum atomic E-state index is -0.424. The maximum absolute atomic E-state index is 11.5. The van der Waals surface area contributed by atoms with Crippen molar-refractivity contribution in [2.45, 2.75) is 18.9 Å². The highest BCUT2D eigenvalue weighted by Gasteiger charge is 2.26. The molecule has 0 bridgehead atoms. The number of carbonyl (C=O) groups is 2. The summed E-state index contributed by atoms with van der Waals surface area (Å²) in [7, 11) is 1.75. The number of hydrogen-bond donors (Lipinski definition) is 3. The van der Waals surface area contributed by atoms with Crippen molar-refractivity contribution in [3.63, 3.8) is 0 Å². The first-order valence-electron chi connectivity index (χ1n) is 5.29. The van der Waals surface area contributed by atoms with Crippen LogP contribution in [-0.4, -0.2) is 34.9 Å². The van der Waals surface area contributed by atoms with Crippen LogP contribution in [0.25, 0.3) is 0 Å². The Balaban J connectivity index is 2.05.